The highest BCUT2D eigenvalue weighted by Crippen LogP contribution is 2.30. The summed E-state index contributed by atoms with van der Waals surface area (Å²) in [5, 5.41) is 8.43. The van der Waals surface area contributed by atoms with Crippen LogP contribution in [0.25, 0.3) is 11.5 Å². The number of para-hydroxylation sites is 1. The summed E-state index contributed by atoms with van der Waals surface area (Å²) in [5.41, 5.74) is 1.35. The van der Waals surface area contributed by atoms with E-state index in [4.69, 9.17) is 13.9 Å². The third kappa shape index (κ3) is 4.89. The van der Waals surface area contributed by atoms with Crippen LogP contribution in [0.1, 0.15) is 24.2 Å². The molecule has 1 aromatic heterocycles. The van der Waals surface area contributed by atoms with E-state index in [2.05, 4.69) is 10.2 Å². The molecule has 3 aromatic rings. The number of aromatic nitrogens is 2. The lowest BCUT2D eigenvalue weighted by Crippen LogP contribution is -2.02. The summed E-state index contributed by atoms with van der Waals surface area (Å²) in [5.74, 6) is 2.00. The minimum Gasteiger partial charge on any atom is -0.494 e. The smallest absolute Gasteiger partial charge is 0.277 e. The summed E-state index contributed by atoms with van der Waals surface area (Å²) in [6.45, 7) is 4.97. The number of ether oxygens (including phenoxy) is 2. The second-order valence-electron chi connectivity index (χ2n) is 5.47. The number of hydrogen-bond acceptors (Lipinski definition) is 7. The van der Waals surface area contributed by atoms with Gasteiger partial charge in [-0.3, -0.25) is 4.79 Å². The maximum absolute atomic E-state index is 12.3. The predicted molar refractivity (Wildman–Crippen MR) is 104 cm³/mol. The number of Topliss-reactive ketones (excluding diaryl/α,β-unsaturated/α-hetero) is 1. The lowest BCUT2D eigenvalue weighted by molar-refractivity contribution is 0.102. The number of carbonyl (C=O) groups is 1. The molecule has 0 spiro atoms. The van der Waals surface area contributed by atoms with Crippen LogP contribution >= 0.6 is 11.8 Å². The Balaban J connectivity index is 1.63. The zero-order valence-electron chi connectivity index (χ0n) is 15.2. The number of nitrogens with zero attached hydrogens (tertiary/aromatic N) is 2. The first kappa shape index (κ1) is 19.0. The van der Waals surface area contributed by atoms with Crippen LogP contribution in [0.2, 0.25) is 0 Å². The van der Waals surface area contributed by atoms with Crippen LogP contribution in [-0.2, 0) is 0 Å². The quantitative estimate of drug-likeness (QED) is 0.397. The SMILES string of the molecule is CCOc1ccc(C(=O)CSc2nnc(-c3ccccc3OCC)o2)cc1. The van der Waals surface area contributed by atoms with Gasteiger partial charge in [-0.05, 0) is 50.2 Å². The molecule has 0 fully saturated rings. The Morgan fingerprint density at radius 1 is 1.00 bits per heavy atom. The zero-order chi connectivity index (χ0) is 19.1. The zero-order valence-corrected chi connectivity index (χ0v) is 16.0. The summed E-state index contributed by atoms with van der Waals surface area (Å²) < 4.78 is 16.6. The summed E-state index contributed by atoms with van der Waals surface area (Å²) in [6.07, 6.45) is 0. The van der Waals surface area contributed by atoms with Crippen molar-refractivity contribution in [3.05, 3.63) is 54.1 Å². The number of carbonyl (C=O) groups excluding carboxylic acids is 1. The van der Waals surface area contributed by atoms with E-state index >= 15 is 0 Å². The minimum atomic E-state index is -0.0162. The van der Waals surface area contributed by atoms with Crippen molar-refractivity contribution in [1.82, 2.24) is 10.2 Å². The van der Waals surface area contributed by atoms with Crippen molar-refractivity contribution in [3.63, 3.8) is 0 Å². The topological polar surface area (TPSA) is 74.5 Å². The molecule has 0 saturated carbocycles. The molecule has 2 aromatic carbocycles. The summed E-state index contributed by atoms with van der Waals surface area (Å²) in [6, 6.07) is 14.6. The number of rotatable bonds is 9. The van der Waals surface area contributed by atoms with Crippen molar-refractivity contribution in [1.29, 1.82) is 0 Å². The molecule has 140 valence electrons. The predicted octanol–water partition coefficient (Wildman–Crippen LogP) is 4.51. The maximum atomic E-state index is 12.3. The normalized spacial score (nSPS) is 10.6. The molecular formula is C20H20N2O4S. The van der Waals surface area contributed by atoms with Crippen LogP contribution in [0.3, 0.4) is 0 Å². The van der Waals surface area contributed by atoms with Gasteiger partial charge in [-0.25, -0.2) is 0 Å². The average Bonchev–Trinajstić information content (AvgIpc) is 3.16. The molecule has 1 heterocycles. The van der Waals surface area contributed by atoms with Crippen molar-refractivity contribution < 1.29 is 18.7 Å². The fourth-order valence-corrected chi connectivity index (χ4v) is 3.07. The molecule has 0 atom stereocenters. The average molecular weight is 384 g/mol. The minimum absolute atomic E-state index is 0.0162. The largest absolute Gasteiger partial charge is 0.494 e. The van der Waals surface area contributed by atoms with Gasteiger partial charge in [0, 0.05) is 5.56 Å². The summed E-state index contributed by atoms with van der Waals surface area (Å²) in [4.78, 5) is 12.3. The molecule has 6 nitrogen and oxygen atoms in total. The van der Waals surface area contributed by atoms with Gasteiger partial charge in [-0.1, -0.05) is 23.9 Å². The molecule has 0 radical (unpaired) electrons. The van der Waals surface area contributed by atoms with Gasteiger partial charge in [-0.2, -0.15) is 0 Å². The maximum Gasteiger partial charge on any atom is 0.277 e. The molecule has 0 aliphatic carbocycles. The van der Waals surface area contributed by atoms with E-state index in [1.165, 1.54) is 11.8 Å². The van der Waals surface area contributed by atoms with Crippen molar-refractivity contribution >= 4 is 17.5 Å². The second-order valence-corrected chi connectivity index (χ2v) is 6.40. The van der Waals surface area contributed by atoms with E-state index in [0.717, 1.165) is 11.3 Å². The highest BCUT2D eigenvalue weighted by Gasteiger charge is 2.15. The Morgan fingerprint density at radius 2 is 1.74 bits per heavy atom. The Hall–Kier alpha value is -2.80. The second kappa shape index (κ2) is 9.23. The summed E-state index contributed by atoms with van der Waals surface area (Å²) in [7, 11) is 0. The van der Waals surface area contributed by atoms with Gasteiger partial charge >= 0.3 is 0 Å². The van der Waals surface area contributed by atoms with Crippen LogP contribution in [0.15, 0.2) is 58.2 Å². The number of benzene rings is 2. The third-order valence-corrected chi connectivity index (χ3v) is 4.46. The Morgan fingerprint density at radius 3 is 2.48 bits per heavy atom. The van der Waals surface area contributed by atoms with Gasteiger partial charge in [-0.15, -0.1) is 10.2 Å². The van der Waals surface area contributed by atoms with Crippen LogP contribution in [0.4, 0.5) is 0 Å². The van der Waals surface area contributed by atoms with Crippen molar-refractivity contribution in [2.75, 3.05) is 19.0 Å². The number of thioether (sulfide) groups is 1. The van der Waals surface area contributed by atoms with E-state index in [1.807, 2.05) is 38.1 Å². The van der Waals surface area contributed by atoms with Crippen molar-refractivity contribution in [2.24, 2.45) is 0 Å². The van der Waals surface area contributed by atoms with E-state index in [-0.39, 0.29) is 11.5 Å². The van der Waals surface area contributed by atoms with E-state index in [9.17, 15) is 4.79 Å². The molecule has 0 aliphatic rings. The van der Waals surface area contributed by atoms with Gasteiger partial charge < -0.3 is 13.9 Å². The van der Waals surface area contributed by atoms with Gasteiger partial charge in [0.15, 0.2) is 5.78 Å². The van der Waals surface area contributed by atoms with Crippen LogP contribution in [0.5, 0.6) is 11.5 Å². The molecule has 0 bridgehead atoms. The highest BCUT2D eigenvalue weighted by atomic mass is 32.2. The fourth-order valence-electron chi connectivity index (χ4n) is 2.42. The molecule has 0 N–H and O–H groups in total. The first-order valence-electron chi connectivity index (χ1n) is 8.65. The van der Waals surface area contributed by atoms with Crippen LogP contribution < -0.4 is 9.47 Å². The van der Waals surface area contributed by atoms with Crippen LogP contribution in [-0.4, -0.2) is 34.9 Å². The Kier molecular flexibility index (Phi) is 6.49. The molecule has 3 rings (SSSR count). The molecule has 0 amide bonds. The number of hydrogen-bond donors (Lipinski definition) is 0. The van der Waals surface area contributed by atoms with Gasteiger partial charge in [0.05, 0.1) is 24.5 Å². The van der Waals surface area contributed by atoms with E-state index in [1.54, 1.807) is 24.3 Å². The van der Waals surface area contributed by atoms with Gasteiger partial charge in [0.1, 0.15) is 11.5 Å². The third-order valence-electron chi connectivity index (χ3n) is 3.64. The monoisotopic (exact) mass is 384 g/mol. The van der Waals surface area contributed by atoms with Crippen molar-refractivity contribution in [2.45, 2.75) is 19.1 Å². The molecule has 0 aliphatic heterocycles. The lowest BCUT2D eigenvalue weighted by Gasteiger charge is -2.06. The first-order valence-corrected chi connectivity index (χ1v) is 9.64. The Labute approximate surface area is 161 Å². The Bertz CT molecular complexity index is 893. The molecule has 27 heavy (non-hydrogen) atoms. The highest BCUT2D eigenvalue weighted by molar-refractivity contribution is 7.99. The number of ketones is 1. The van der Waals surface area contributed by atoms with Gasteiger partial charge in [0.25, 0.3) is 11.1 Å². The molecule has 0 unspecified atom stereocenters. The molecule has 0 saturated heterocycles. The van der Waals surface area contributed by atoms with Crippen molar-refractivity contribution in [3.8, 4) is 23.0 Å². The van der Waals surface area contributed by atoms with Crippen LogP contribution in [0, 0.1) is 0 Å². The lowest BCUT2D eigenvalue weighted by atomic mass is 10.1. The summed E-state index contributed by atoms with van der Waals surface area (Å²) >= 11 is 1.21. The molecule has 7 heteroatoms. The first-order chi connectivity index (χ1) is 13.2. The molecular weight excluding hydrogens is 364 g/mol. The van der Waals surface area contributed by atoms with E-state index in [0.29, 0.717) is 35.6 Å². The van der Waals surface area contributed by atoms with E-state index < -0.39 is 0 Å². The fraction of sp³-hybridized carbons (Fsp3) is 0.250. The standard InChI is InChI=1S/C20H20N2O4S/c1-3-24-15-11-9-14(10-12-15)17(23)13-27-20-22-21-19(26-20)16-7-5-6-8-18(16)25-4-2/h5-12H,3-4,13H2,1-2H3. The van der Waals surface area contributed by atoms with Gasteiger partial charge in [0.2, 0.25) is 0 Å².